The Morgan fingerprint density at radius 3 is 2.41 bits per heavy atom. The van der Waals surface area contributed by atoms with E-state index in [-0.39, 0.29) is 5.69 Å². The van der Waals surface area contributed by atoms with Crippen LogP contribution in [0.25, 0.3) is 0 Å². The average molecular weight is 245 g/mol. The van der Waals surface area contributed by atoms with Gasteiger partial charge >= 0.3 is 6.18 Å². The van der Waals surface area contributed by atoms with Crippen molar-refractivity contribution in [3.63, 3.8) is 0 Å². The SMILES string of the molecule is CC(C)CCCNc1ccccc1C(F)(F)F. The first kappa shape index (κ1) is 13.9. The molecule has 17 heavy (non-hydrogen) atoms. The van der Waals surface area contributed by atoms with E-state index in [0.717, 1.165) is 18.9 Å². The molecule has 1 nitrogen and oxygen atoms in total. The predicted octanol–water partition coefficient (Wildman–Crippen LogP) is 4.55. The van der Waals surface area contributed by atoms with Gasteiger partial charge in [-0.15, -0.1) is 0 Å². The van der Waals surface area contributed by atoms with Crippen LogP contribution in [0.15, 0.2) is 24.3 Å². The number of hydrogen-bond donors (Lipinski definition) is 1. The minimum Gasteiger partial charge on any atom is -0.385 e. The van der Waals surface area contributed by atoms with E-state index in [1.165, 1.54) is 12.1 Å². The fourth-order valence-electron chi connectivity index (χ4n) is 1.62. The normalized spacial score (nSPS) is 11.9. The molecule has 0 amide bonds. The Morgan fingerprint density at radius 2 is 1.82 bits per heavy atom. The minimum absolute atomic E-state index is 0.170. The zero-order chi connectivity index (χ0) is 12.9. The number of rotatable bonds is 5. The molecule has 1 aromatic rings. The van der Waals surface area contributed by atoms with Crippen LogP contribution in [0, 0.1) is 5.92 Å². The molecule has 0 unspecified atom stereocenters. The van der Waals surface area contributed by atoms with Crippen LogP contribution in [-0.4, -0.2) is 6.54 Å². The van der Waals surface area contributed by atoms with Gasteiger partial charge in [-0.1, -0.05) is 26.0 Å². The van der Waals surface area contributed by atoms with Gasteiger partial charge in [0, 0.05) is 12.2 Å². The molecule has 0 aliphatic heterocycles. The van der Waals surface area contributed by atoms with Crippen LogP contribution in [0.2, 0.25) is 0 Å². The topological polar surface area (TPSA) is 12.0 Å². The van der Waals surface area contributed by atoms with Crippen LogP contribution in [0.4, 0.5) is 18.9 Å². The Hall–Kier alpha value is -1.19. The van der Waals surface area contributed by atoms with E-state index in [0.29, 0.717) is 12.5 Å². The Kier molecular flexibility index (Phi) is 4.85. The summed E-state index contributed by atoms with van der Waals surface area (Å²) < 4.78 is 37.9. The molecular weight excluding hydrogens is 227 g/mol. The third-order valence-electron chi connectivity index (χ3n) is 2.51. The van der Waals surface area contributed by atoms with E-state index in [2.05, 4.69) is 19.2 Å². The number of nitrogens with one attached hydrogen (secondary N) is 1. The first-order valence-corrected chi connectivity index (χ1v) is 5.81. The van der Waals surface area contributed by atoms with Gasteiger partial charge in [0.05, 0.1) is 5.56 Å². The van der Waals surface area contributed by atoms with Crippen molar-refractivity contribution in [2.24, 2.45) is 5.92 Å². The van der Waals surface area contributed by atoms with Crippen LogP contribution >= 0.6 is 0 Å². The molecule has 0 aliphatic rings. The number of hydrogen-bond acceptors (Lipinski definition) is 1. The third kappa shape index (κ3) is 4.67. The lowest BCUT2D eigenvalue weighted by Gasteiger charge is -2.14. The molecule has 0 spiro atoms. The zero-order valence-electron chi connectivity index (χ0n) is 10.1. The van der Waals surface area contributed by atoms with Gasteiger partial charge in [-0.3, -0.25) is 0 Å². The fraction of sp³-hybridized carbons (Fsp3) is 0.538. The summed E-state index contributed by atoms with van der Waals surface area (Å²) in [5, 5.41) is 2.86. The van der Waals surface area contributed by atoms with E-state index < -0.39 is 11.7 Å². The molecule has 0 radical (unpaired) electrons. The summed E-state index contributed by atoms with van der Waals surface area (Å²) in [5.74, 6) is 0.578. The van der Waals surface area contributed by atoms with E-state index in [4.69, 9.17) is 0 Å². The minimum atomic E-state index is -4.29. The van der Waals surface area contributed by atoms with Crippen molar-refractivity contribution in [2.45, 2.75) is 32.9 Å². The molecule has 0 heterocycles. The van der Waals surface area contributed by atoms with Crippen molar-refractivity contribution in [3.05, 3.63) is 29.8 Å². The molecule has 0 fully saturated rings. The van der Waals surface area contributed by atoms with Gasteiger partial charge in [0.1, 0.15) is 0 Å². The first-order valence-electron chi connectivity index (χ1n) is 5.81. The molecule has 0 saturated carbocycles. The molecule has 96 valence electrons. The number of anilines is 1. The highest BCUT2D eigenvalue weighted by Gasteiger charge is 2.32. The monoisotopic (exact) mass is 245 g/mol. The maximum absolute atomic E-state index is 12.6. The maximum Gasteiger partial charge on any atom is 0.418 e. The van der Waals surface area contributed by atoms with Crippen molar-refractivity contribution >= 4 is 5.69 Å². The Balaban J connectivity index is 2.59. The van der Waals surface area contributed by atoms with Gasteiger partial charge < -0.3 is 5.32 Å². The van der Waals surface area contributed by atoms with Crippen molar-refractivity contribution < 1.29 is 13.2 Å². The summed E-state index contributed by atoms with van der Waals surface area (Å²) in [4.78, 5) is 0. The predicted molar refractivity (Wildman–Crippen MR) is 64.0 cm³/mol. The lowest BCUT2D eigenvalue weighted by Crippen LogP contribution is -2.11. The zero-order valence-corrected chi connectivity index (χ0v) is 10.1. The Labute approximate surface area is 100 Å². The lowest BCUT2D eigenvalue weighted by molar-refractivity contribution is -0.136. The highest BCUT2D eigenvalue weighted by atomic mass is 19.4. The second-order valence-corrected chi connectivity index (χ2v) is 4.51. The molecule has 0 atom stereocenters. The molecule has 0 aromatic heterocycles. The summed E-state index contributed by atoms with van der Waals surface area (Å²) in [6, 6.07) is 5.59. The van der Waals surface area contributed by atoms with Crippen molar-refractivity contribution in [1.29, 1.82) is 0 Å². The van der Waals surface area contributed by atoms with Crippen LogP contribution in [-0.2, 0) is 6.18 Å². The highest BCUT2D eigenvalue weighted by molar-refractivity contribution is 5.52. The maximum atomic E-state index is 12.6. The molecule has 4 heteroatoms. The van der Waals surface area contributed by atoms with Crippen molar-refractivity contribution in [3.8, 4) is 0 Å². The second kappa shape index (κ2) is 5.94. The first-order chi connectivity index (χ1) is 7.91. The smallest absolute Gasteiger partial charge is 0.385 e. The quantitative estimate of drug-likeness (QED) is 0.750. The highest BCUT2D eigenvalue weighted by Crippen LogP contribution is 2.34. The second-order valence-electron chi connectivity index (χ2n) is 4.51. The molecule has 0 aliphatic carbocycles. The molecular formula is C13H18F3N. The van der Waals surface area contributed by atoms with Gasteiger partial charge in [-0.25, -0.2) is 0 Å². The van der Waals surface area contributed by atoms with Gasteiger partial charge in [0.25, 0.3) is 0 Å². The van der Waals surface area contributed by atoms with Gasteiger partial charge in [0.2, 0.25) is 0 Å². The van der Waals surface area contributed by atoms with Gasteiger partial charge in [-0.2, -0.15) is 13.2 Å². The summed E-state index contributed by atoms with van der Waals surface area (Å²) >= 11 is 0. The van der Waals surface area contributed by atoms with Crippen LogP contribution in [0.5, 0.6) is 0 Å². The van der Waals surface area contributed by atoms with E-state index >= 15 is 0 Å². The van der Waals surface area contributed by atoms with Gasteiger partial charge in [0.15, 0.2) is 0 Å². The summed E-state index contributed by atoms with van der Waals surface area (Å²) in [6.07, 6.45) is -2.40. The number of alkyl halides is 3. The Bertz CT molecular complexity index is 345. The van der Waals surface area contributed by atoms with E-state index in [9.17, 15) is 13.2 Å². The largest absolute Gasteiger partial charge is 0.418 e. The summed E-state index contributed by atoms with van der Waals surface area (Å²) in [7, 11) is 0. The van der Waals surface area contributed by atoms with E-state index in [1.807, 2.05) is 0 Å². The molecule has 0 saturated heterocycles. The Morgan fingerprint density at radius 1 is 1.18 bits per heavy atom. The van der Waals surface area contributed by atoms with Gasteiger partial charge in [-0.05, 0) is 30.9 Å². The fourth-order valence-corrected chi connectivity index (χ4v) is 1.62. The average Bonchev–Trinajstić information content (AvgIpc) is 2.23. The molecule has 1 N–H and O–H groups in total. The lowest BCUT2D eigenvalue weighted by atomic mass is 10.1. The molecule has 0 bridgehead atoms. The summed E-state index contributed by atoms with van der Waals surface area (Å²) in [5.41, 5.74) is -0.423. The molecule has 1 aromatic carbocycles. The van der Waals surface area contributed by atoms with Crippen molar-refractivity contribution in [2.75, 3.05) is 11.9 Å². The summed E-state index contributed by atoms with van der Waals surface area (Å²) in [6.45, 7) is 4.78. The van der Waals surface area contributed by atoms with Crippen molar-refractivity contribution in [1.82, 2.24) is 0 Å². The molecule has 1 rings (SSSR count). The van der Waals surface area contributed by atoms with Crippen LogP contribution in [0.3, 0.4) is 0 Å². The van der Waals surface area contributed by atoms with Crippen LogP contribution < -0.4 is 5.32 Å². The number of benzene rings is 1. The van der Waals surface area contributed by atoms with E-state index in [1.54, 1.807) is 6.07 Å². The van der Waals surface area contributed by atoms with Crippen LogP contribution in [0.1, 0.15) is 32.3 Å². The number of halogens is 3. The third-order valence-corrected chi connectivity index (χ3v) is 2.51. The standard InChI is InChI=1S/C13H18F3N/c1-10(2)6-5-9-17-12-8-4-3-7-11(12)13(14,15)16/h3-4,7-8,10,17H,5-6,9H2,1-2H3. The number of para-hydroxylation sites is 1.